The van der Waals surface area contributed by atoms with Gasteiger partial charge in [-0.05, 0) is 13.0 Å². The quantitative estimate of drug-likeness (QED) is 0.630. The van der Waals surface area contributed by atoms with E-state index in [1.807, 2.05) is 0 Å². The lowest BCUT2D eigenvalue weighted by atomic mass is 10.5. The van der Waals surface area contributed by atoms with Gasteiger partial charge in [0.15, 0.2) is 19.7 Å². The fourth-order valence-corrected chi connectivity index (χ4v) is 3.93. The Labute approximate surface area is 85.5 Å². The molecule has 5 nitrogen and oxygen atoms in total. The van der Waals surface area contributed by atoms with E-state index in [0.29, 0.717) is 13.0 Å². The molecule has 0 unspecified atom stereocenters. The highest BCUT2D eigenvalue weighted by Crippen LogP contribution is 1.97. The van der Waals surface area contributed by atoms with Crippen molar-refractivity contribution in [3.63, 3.8) is 0 Å². The minimum Gasteiger partial charge on any atom is -0.330 e. The number of nitrogens with two attached hydrogens (primary N) is 1. The van der Waals surface area contributed by atoms with Crippen molar-refractivity contribution in [2.24, 2.45) is 5.73 Å². The molecule has 0 saturated heterocycles. The van der Waals surface area contributed by atoms with E-state index in [-0.39, 0.29) is 23.0 Å². The topological polar surface area (TPSA) is 94.3 Å². The molecule has 0 aliphatic rings. The number of hydrogen-bond acceptors (Lipinski definition) is 5. The molecule has 0 fully saturated rings. The largest absolute Gasteiger partial charge is 0.330 e. The van der Waals surface area contributed by atoms with Gasteiger partial charge in [0.05, 0.1) is 17.3 Å². The van der Waals surface area contributed by atoms with Crippen molar-refractivity contribution in [3.8, 4) is 0 Å². The highest BCUT2D eigenvalue weighted by molar-refractivity contribution is 7.95. The summed E-state index contributed by atoms with van der Waals surface area (Å²) in [5, 5.41) is 0. The van der Waals surface area contributed by atoms with Gasteiger partial charge in [0.2, 0.25) is 0 Å². The Morgan fingerprint density at radius 1 is 0.929 bits per heavy atom. The maximum atomic E-state index is 11.2. The summed E-state index contributed by atoms with van der Waals surface area (Å²) in [6, 6.07) is 0. The van der Waals surface area contributed by atoms with Gasteiger partial charge in [-0.3, -0.25) is 0 Å². The van der Waals surface area contributed by atoms with Crippen molar-refractivity contribution >= 4 is 19.7 Å². The molecule has 0 aromatic carbocycles. The van der Waals surface area contributed by atoms with Crippen molar-refractivity contribution in [2.45, 2.75) is 13.3 Å². The second-order valence-corrected chi connectivity index (χ2v) is 7.81. The summed E-state index contributed by atoms with van der Waals surface area (Å²) in [6.07, 6.45) is 0.383. The monoisotopic (exact) mass is 243 g/mol. The van der Waals surface area contributed by atoms with Gasteiger partial charge in [-0.2, -0.15) is 0 Å². The first-order valence-electron chi connectivity index (χ1n) is 4.44. The molecule has 7 heteroatoms. The Morgan fingerprint density at radius 3 is 1.86 bits per heavy atom. The lowest BCUT2D eigenvalue weighted by Gasteiger charge is -2.03. The minimum atomic E-state index is -3.25. The predicted molar refractivity (Wildman–Crippen MR) is 56.7 cm³/mol. The number of hydrogen-bond donors (Lipinski definition) is 1. The van der Waals surface area contributed by atoms with E-state index >= 15 is 0 Å². The minimum absolute atomic E-state index is 0.0145. The van der Waals surface area contributed by atoms with Crippen molar-refractivity contribution < 1.29 is 16.8 Å². The molecule has 0 aromatic rings. The van der Waals surface area contributed by atoms with Gasteiger partial charge in [-0.15, -0.1) is 0 Å². The summed E-state index contributed by atoms with van der Waals surface area (Å²) in [5.41, 5.74) is 5.16. The van der Waals surface area contributed by atoms with E-state index in [1.54, 1.807) is 0 Å². The molecular weight excluding hydrogens is 226 g/mol. The van der Waals surface area contributed by atoms with Gasteiger partial charge in [-0.1, -0.05) is 6.92 Å². The van der Waals surface area contributed by atoms with Crippen LogP contribution in [0.2, 0.25) is 0 Å². The van der Waals surface area contributed by atoms with Crippen molar-refractivity contribution in [2.75, 3.05) is 29.6 Å². The standard InChI is InChI=1S/C7H17NO4S2/c1-2-13(9,10)6-7-14(11,12)5-3-4-8/h2-8H2,1H3. The Hall–Kier alpha value is -0.140. The summed E-state index contributed by atoms with van der Waals surface area (Å²) in [7, 11) is -6.43. The zero-order chi connectivity index (χ0) is 11.2. The van der Waals surface area contributed by atoms with Crippen LogP contribution in [0, 0.1) is 0 Å². The summed E-state index contributed by atoms with van der Waals surface area (Å²) in [4.78, 5) is 0. The lowest BCUT2D eigenvalue weighted by Crippen LogP contribution is -2.21. The van der Waals surface area contributed by atoms with Gasteiger partial charge in [0.25, 0.3) is 0 Å². The maximum Gasteiger partial charge on any atom is 0.151 e. The van der Waals surface area contributed by atoms with E-state index in [0.717, 1.165) is 0 Å². The van der Waals surface area contributed by atoms with Crippen LogP contribution in [0.4, 0.5) is 0 Å². The maximum absolute atomic E-state index is 11.2. The molecule has 0 atom stereocenters. The van der Waals surface area contributed by atoms with Gasteiger partial charge in [0.1, 0.15) is 0 Å². The molecule has 0 radical (unpaired) electrons. The first-order chi connectivity index (χ1) is 6.33. The average Bonchev–Trinajstić information content (AvgIpc) is 2.12. The van der Waals surface area contributed by atoms with E-state index in [2.05, 4.69) is 0 Å². The summed E-state index contributed by atoms with van der Waals surface area (Å²) < 4.78 is 44.5. The lowest BCUT2D eigenvalue weighted by molar-refractivity contribution is 0.587. The van der Waals surface area contributed by atoms with Crippen LogP contribution >= 0.6 is 0 Å². The third-order valence-corrected chi connectivity index (χ3v) is 5.51. The van der Waals surface area contributed by atoms with E-state index in [1.165, 1.54) is 6.92 Å². The highest BCUT2D eigenvalue weighted by atomic mass is 32.2. The predicted octanol–water partition coefficient (Wildman–Crippen LogP) is -0.815. The van der Waals surface area contributed by atoms with Crippen LogP contribution in [0.25, 0.3) is 0 Å². The summed E-state index contributed by atoms with van der Waals surface area (Å²) in [5.74, 6) is -0.609. The Morgan fingerprint density at radius 2 is 1.43 bits per heavy atom. The molecule has 0 spiro atoms. The van der Waals surface area contributed by atoms with Crippen LogP contribution in [0.5, 0.6) is 0 Å². The molecule has 0 amide bonds. The molecule has 0 aromatic heterocycles. The molecule has 86 valence electrons. The van der Waals surface area contributed by atoms with Crippen LogP contribution < -0.4 is 5.73 Å². The zero-order valence-electron chi connectivity index (χ0n) is 8.27. The van der Waals surface area contributed by atoms with E-state index in [9.17, 15) is 16.8 Å². The molecule has 0 rings (SSSR count). The first kappa shape index (κ1) is 13.9. The summed E-state index contributed by atoms with van der Waals surface area (Å²) in [6.45, 7) is 1.81. The molecular formula is C7H17NO4S2. The van der Waals surface area contributed by atoms with Crippen molar-refractivity contribution in [1.82, 2.24) is 0 Å². The molecule has 2 N–H and O–H groups in total. The molecule has 14 heavy (non-hydrogen) atoms. The summed E-state index contributed by atoms with van der Waals surface area (Å²) >= 11 is 0. The zero-order valence-corrected chi connectivity index (χ0v) is 9.90. The number of rotatable bonds is 7. The SMILES string of the molecule is CCS(=O)(=O)CCS(=O)(=O)CCCN. The Kier molecular flexibility index (Phi) is 5.61. The average molecular weight is 243 g/mol. The molecule has 0 bridgehead atoms. The smallest absolute Gasteiger partial charge is 0.151 e. The molecule has 0 heterocycles. The van der Waals surface area contributed by atoms with Crippen LogP contribution in [0.15, 0.2) is 0 Å². The van der Waals surface area contributed by atoms with E-state index < -0.39 is 19.7 Å². The van der Waals surface area contributed by atoms with Crippen molar-refractivity contribution in [1.29, 1.82) is 0 Å². The first-order valence-corrected chi connectivity index (χ1v) is 8.08. The van der Waals surface area contributed by atoms with Gasteiger partial charge in [0, 0.05) is 5.75 Å². The second-order valence-electron chi connectivity index (χ2n) is 3.03. The van der Waals surface area contributed by atoms with Crippen LogP contribution in [-0.2, 0) is 19.7 Å². The third-order valence-electron chi connectivity index (χ3n) is 1.80. The Balaban J connectivity index is 4.13. The van der Waals surface area contributed by atoms with Crippen molar-refractivity contribution in [3.05, 3.63) is 0 Å². The Bertz CT molecular complexity index is 344. The van der Waals surface area contributed by atoms with Crippen LogP contribution in [0.1, 0.15) is 13.3 Å². The van der Waals surface area contributed by atoms with Gasteiger partial charge >= 0.3 is 0 Å². The molecule has 0 aliphatic carbocycles. The van der Waals surface area contributed by atoms with Crippen LogP contribution in [-0.4, -0.2) is 46.4 Å². The third kappa shape index (κ3) is 6.33. The highest BCUT2D eigenvalue weighted by Gasteiger charge is 2.15. The van der Waals surface area contributed by atoms with E-state index in [4.69, 9.17) is 5.73 Å². The normalized spacial score (nSPS) is 13.0. The fraction of sp³-hybridized carbons (Fsp3) is 1.00. The molecule has 0 saturated carbocycles. The van der Waals surface area contributed by atoms with Gasteiger partial charge in [-0.25, -0.2) is 16.8 Å². The van der Waals surface area contributed by atoms with Crippen LogP contribution in [0.3, 0.4) is 0 Å². The number of sulfone groups is 2. The molecule has 0 aliphatic heterocycles. The fourth-order valence-electron chi connectivity index (χ4n) is 0.804. The second kappa shape index (κ2) is 5.67. The van der Waals surface area contributed by atoms with Gasteiger partial charge < -0.3 is 5.73 Å².